The zero-order valence-electron chi connectivity index (χ0n) is 6.79. The maximum atomic E-state index is 8.97. The zero-order valence-corrected chi connectivity index (χ0v) is 8.37. The predicted molar refractivity (Wildman–Crippen MR) is 50.6 cm³/mol. The molecule has 0 aliphatic rings. The zero-order chi connectivity index (χ0) is 9.19. The molecule has 0 aliphatic heterocycles. The topological polar surface area (TPSA) is 59.1 Å². The number of hydrogen-bond donors (Lipinski definition) is 2. The molecule has 0 saturated heterocycles. The highest BCUT2D eigenvalue weighted by atomic mass is 79.9. The van der Waals surface area contributed by atoms with E-state index in [0.717, 1.165) is 10.0 Å². The molecule has 1 unspecified atom stereocenters. The van der Waals surface area contributed by atoms with Crippen LogP contribution in [0.25, 0.3) is 0 Å². The third-order valence-electron chi connectivity index (χ3n) is 1.69. The number of aliphatic hydroxyl groups is 1. The van der Waals surface area contributed by atoms with Gasteiger partial charge in [0.2, 0.25) is 0 Å². The van der Waals surface area contributed by atoms with Crippen molar-refractivity contribution in [2.45, 2.75) is 12.5 Å². The lowest BCUT2D eigenvalue weighted by Gasteiger charge is -2.21. The Labute approximate surface area is 79.7 Å². The summed E-state index contributed by atoms with van der Waals surface area (Å²) in [6.45, 7) is 1.67. The van der Waals surface area contributed by atoms with Crippen molar-refractivity contribution >= 4 is 15.9 Å². The standard InChI is InChI=1S/C8H11BrN2O/c1-8(10,5-12)6-2-7(9)4-11-3-6/h2-4,12H,5,10H2,1H3. The summed E-state index contributed by atoms with van der Waals surface area (Å²) in [5, 5.41) is 8.97. The third-order valence-corrected chi connectivity index (χ3v) is 2.13. The first-order valence-corrected chi connectivity index (χ1v) is 4.36. The second kappa shape index (κ2) is 3.51. The summed E-state index contributed by atoms with van der Waals surface area (Å²) in [4.78, 5) is 3.96. The van der Waals surface area contributed by atoms with Gasteiger partial charge in [-0.05, 0) is 34.5 Å². The van der Waals surface area contributed by atoms with E-state index in [4.69, 9.17) is 10.8 Å². The number of aliphatic hydroxyl groups excluding tert-OH is 1. The van der Waals surface area contributed by atoms with Gasteiger partial charge in [-0.3, -0.25) is 4.98 Å². The fraction of sp³-hybridized carbons (Fsp3) is 0.375. The van der Waals surface area contributed by atoms with E-state index in [1.807, 2.05) is 6.07 Å². The first kappa shape index (κ1) is 9.64. The molecule has 0 saturated carbocycles. The van der Waals surface area contributed by atoms with Crippen LogP contribution in [0.1, 0.15) is 12.5 Å². The van der Waals surface area contributed by atoms with Gasteiger partial charge >= 0.3 is 0 Å². The van der Waals surface area contributed by atoms with Gasteiger partial charge in [0.1, 0.15) is 0 Å². The first-order chi connectivity index (χ1) is 5.56. The predicted octanol–water partition coefficient (Wildman–Crippen LogP) is 1.01. The molecule has 66 valence electrons. The second-order valence-electron chi connectivity index (χ2n) is 2.97. The van der Waals surface area contributed by atoms with E-state index in [1.165, 1.54) is 0 Å². The smallest absolute Gasteiger partial charge is 0.0651 e. The average Bonchev–Trinajstić information content (AvgIpc) is 2.05. The van der Waals surface area contributed by atoms with Crippen LogP contribution in [0.3, 0.4) is 0 Å². The minimum absolute atomic E-state index is 0.0921. The second-order valence-corrected chi connectivity index (χ2v) is 3.88. The molecular weight excluding hydrogens is 220 g/mol. The van der Waals surface area contributed by atoms with Crippen molar-refractivity contribution in [1.82, 2.24) is 4.98 Å². The third kappa shape index (κ3) is 2.03. The van der Waals surface area contributed by atoms with Crippen molar-refractivity contribution in [3.63, 3.8) is 0 Å². The minimum Gasteiger partial charge on any atom is -0.394 e. The average molecular weight is 231 g/mol. The van der Waals surface area contributed by atoms with Crippen LogP contribution in [0, 0.1) is 0 Å². The summed E-state index contributed by atoms with van der Waals surface area (Å²) in [6, 6.07) is 1.85. The number of hydrogen-bond acceptors (Lipinski definition) is 3. The number of nitrogens with two attached hydrogens (primary N) is 1. The van der Waals surface area contributed by atoms with Gasteiger partial charge in [0.25, 0.3) is 0 Å². The molecule has 3 N–H and O–H groups in total. The van der Waals surface area contributed by atoms with Crippen molar-refractivity contribution in [3.8, 4) is 0 Å². The molecule has 1 aromatic rings. The Hall–Kier alpha value is -0.450. The summed E-state index contributed by atoms with van der Waals surface area (Å²) in [5.41, 5.74) is 5.90. The molecule has 1 atom stereocenters. The number of aromatic nitrogens is 1. The van der Waals surface area contributed by atoms with E-state index in [1.54, 1.807) is 19.3 Å². The van der Waals surface area contributed by atoms with Gasteiger partial charge < -0.3 is 10.8 Å². The lowest BCUT2D eigenvalue weighted by molar-refractivity contribution is 0.209. The summed E-state index contributed by atoms with van der Waals surface area (Å²) in [5.74, 6) is 0. The maximum Gasteiger partial charge on any atom is 0.0651 e. The molecule has 0 aliphatic carbocycles. The molecule has 0 amide bonds. The fourth-order valence-electron chi connectivity index (χ4n) is 0.815. The molecule has 0 fully saturated rings. The van der Waals surface area contributed by atoms with Gasteiger partial charge in [0.15, 0.2) is 0 Å². The molecule has 0 radical (unpaired) electrons. The number of rotatable bonds is 2. The highest BCUT2D eigenvalue weighted by Crippen LogP contribution is 2.19. The molecule has 1 rings (SSSR count). The van der Waals surface area contributed by atoms with Gasteiger partial charge in [-0.15, -0.1) is 0 Å². The molecule has 0 bridgehead atoms. The Morgan fingerprint density at radius 3 is 2.83 bits per heavy atom. The van der Waals surface area contributed by atoms with Crippen LogP contribution in [-0.4, -0.2) is 16.7 Å². The largest absolute Gasteiger partial charge is 0.394 e. The Kier molecular flexibility index (Phi) is 2.82. The molecule has 1 aromatic heterocycles. The quantitative estimate of drug-likeness (QED) is 0.798. The number of nitrogens with zero attached hydrogens (tertiary/aromatic N) is 1. The lowest BCUT2D eigenvalue weighted by atomic mass is 9.96. The van der Waals surface area contributed by atoms with Crippen molar-refractivity contribution < 1.29 is 5.11 Å². The summed E-state index contributed by atoms with van der Waals surface area (Å²) in [6.07, 6.45) is 3.33. The lowest BCUT2D eigenvalue weighted by Crippen LogP contribution is -2.37. The highest BCUT2D eigenvalue weighted by molar-refractivity contribution is 9.10. The van der Waals surface area contributed by atoms with Crippen molar-refractivity contribution in [1.29, 1.82) is 0 Å². The number of halogens is 1. The monoisotopic (exact) mass is 230 g/mol. The van der Waals surface area contributed by atoms with Crippen LogP contribution < -0.4 is 5.73 Å². The summed E-state index contributed by atoms with van der Waals surface area (Å²) >= 11 is 3.28. The van der Waals surface area contributed by atoms with E-state index >= 15 is 0 Å². The Bertz CT molecular complexity index is 276. The summed E-state index contributed by atoms with van der Waals surface area (Å²) in [7, 11) is 0. The Morgan fingerprint density at radius 1 is 1.67 bits per heavy atom. The molecule has 12 heavy (non-hydrogen) atoms. The van der Waals surface area contributed by atoms with Crippen LogP contribution in [-0.2, 0) is 5.54 Å². The molecule has 1 heterocycles. The fourth-order valence-corrected chi connectivity index (χ4v) is 1.18. The van der Waals surface area contributed by atoms with Gasteiger partial charge in [-0.25, -0.2) is 0 Å². The minimum atomic E-state index is -0.712. The molecule has 0 spiro atoms. The van der Waals surface area contributed by atoms with Crippen LogP contribution in [0.2, 0.25) is 0 Å². The maximum absolute atomic E-state index is 8.97. The van der Waals surface area contributed by atoms with E-state index in [0.29, 0.717) is 0 Å². The van der Waals surface area contributed by atoms with E-state index in [-0.39, 0.29) is 6.61 Å². The normalized spacial score (nSPS) is 15.7. The molecule has 4 heteroatoms. The summed E-state index contributed by atoms with van der Waals surface area (Å²) < 4.78 is 0.866. The van der Waals surface area contributed by atoms with E-state index < -0.39 is 5.54 Å². The Morgan fingerprint density at radius 2 is 2.33 bits per heavy atom. The van der Waals surface area contributed by atoms with Crippen LogP contribution in [0.15, 0.2) is 22.9 Å². The molecule has 0 aromatic carbocycles. The van der Waals surface area contributed by atoms with E-state index in [2.05, 4.69) is 20.9 Å². The highest BCUT2D eigenvalue weighted by Gasteiger charge is 2.20. The SMILES string of the molecule is CC(N)(CO)c1cncc(Br)c1. The van der Waals surface area contributed by atoms with Gasteiger partial charge in [0, 0.05) is 16.9 Å². The first-order valence-electron chi connectivity index (χ1n) is 3.57. The van der Waals surface area contributed by atoms with Crippen molar-refractivity contribution in [2.24, 2.45) is 5.73 Å². The van der Waals surface area contributed by atoms with Gasteiger partial charge in [-0.2, -0.15) is 0 Å². The Balaban J connectivity index is 3.03. The molecule has 3 nitrogen and oxygen atoms in total. The van der Waals surface area contributed by atoms with Crippen molar-refractivity contribution in [2.75, 3.05) is 6.61 Å². The van der Waals surface area contributed by atoms with Crippen LogP contribution in [0.4, 0.5) is 0 Å². The molecular formula is C8H11BrN2O. The van der Waals surface area contributed by atoms with Crippen LogP contribution in [0.5, 0.6) is 0 Å². The number of pyridine rings is 1. The van der Waals surface area contributed by atoms with Gasteiger partial charge in [0.05, 0.1) is 12.1 Å². The van der Waals surface area contributed by atoms with E-state index in [9.17, 15) is 0 Å². The van der Waals surface area contributed by atoms with Gasteiger partial charge in [-0.1, -0.05) is 0 Å². The van der Waals surface area contributed by atoms with Crippen molar-refractivity contribution in [3.05, 3.63) is 28.5 Å². The van der Waals surface area contributed by atoms with Crippen LogP contribution >= 0.6 is 15.9 Å².